The Morgan fingerprint density at radius 3 is 2.18 bits per heavy atom. The lowest BCUT2D eigenvalue weighted by atomic mass is 10.1. The number of aromatic nitrogens is 2. The number of ether oxygens (including phenoxy) is 4. The number of carbonyl (C=O) groups excluding carboxylic acids is 3. The van der Waals surface area contributed by atoms with Crippen LogP contribution in [0.5, 0.6) is 17.2 Å². The number of amides is 2. The standard InChI is InChI=1S/C21H28N4O7S2/c1-5-29-14-9-13(10-15(30-6-2)18(14)32-8-4)19(28)23-20-24-25-21(34-20)33-12-16(26)22-11-17(27)31-7-3/h9-10H,5-8,11-12H2,1-4H3,(H,22,26)(H,23,24,28). The van der Waals surface area contributed by atoms with Crippen LogP contribution in [0.15, 0.2) is 16.5 Å². The molecule has 0 spiro atoms. The highest BCUT2D eigenvalue weighted by Crippen LogP contribution is 2.39. The van der Waals surface area contributed by atoms with Gasteiger partial charge in [-0.3, -0.25) is 19.7 Å². The fourth-order valence-corrected chi connectivity index (χ4v) is 4.15. The molecule has 0 aliphatic rings. The molecule has 2 aromatic rings. The number of benzene rings is 1. The molecule has 0 atom stereocenters. The normalized spacial score (nSPS) is 10.4. The maximum absolute atomic E-state index is 12.8. The Kier molecular flexibility index (Phi) is 11.4. The molecule has 0 radical (unpaired) electrons. The summed E-state index contributed by atoms with van der Waals surface area (Å²) in [5.74, 6) is 0.0150. The largest absolute Gasteiger partial charge is 0.490 e. The molecule has 0 saturated heterocycles. The van der Waals surface area contributed by atoms with E-state index in [0.717, 1.165) is 23.1 Å². The van der Waals surface area contributed by atoms with Gasteiger partial charge in [-0.2, -0.15) is 0 Å². The van der Waals surface area contributed by atoms with Gasteiger partial charge in [0.1, 0.15) is 6.54 Å². The van der Waals surface area contributed by atoms with Gasteiger partial charge in [0.25, 0.3) is 5.91 Å². The van der Waals surface area contributed by atoms with Crippen molar-refractivity contribution >= 4 is 46.0 Å². The lowest BCUT2D eigenvalue weighted by molar-refractivity contribution is -0.143. The van der Waals surface area contributed by atoms with Crippen LogP contribution in [0.4, 0.5) is 5.13 Å². The lowest BCUT2D eigenvalue weighted by Gasteiger charge is -2.16. The van der Waals surface area contributed by atoms with Crippen LogP contribution in [0.2, 0.25) is 0 Å². The van der Waals surface area contributed by atoms with E-state index < -0.39 is 11.9 Å². The van der Waals surface area contributed by atoms with Crippen LogP contribution in [0, 0.1) is 0 Å². The number of hydrogen-bond acceptors (Lipinski definition) is 11. The SMILES string of the molecule is CCOC(=O)CNC(=O)CSc1nnc(NC(=O)c2cc(OCC)c(OCC)c(OCC)c2)s1. The van der Waals surface area contributed by atoms with E-state index in [1.807, 2.05) is 20.8 Å². The van der Waals surface area contributed by atoms with E-state index in [1.54, 1.807) is 19.1 Å². The van der Waals surface area contributed by atoms with Crippen molar-refractivity contribution in [2.75, 3.05) is 44.0 Å². The highest BCUT2D eigenvalue weighted by atomic mass is 32.2. The van der Waals surface area contributed by atoms with Gasteiger partial charge in [0.05, 0.1) is 32.2 Å². The summed E-state index contributed by atoms with van der Waals surface area (Å²) in [6.07, 6.45) is 0. The third-order valence-electron chi connectivity index (χ3n) is 3.86. The molecule has 0 aliphatic carbocycles. The van der Waals surface area contributed by atoms with E-state index in [2.05, 4.69) is 20.8 Å². The first-order valence-corrected chi connectivity index (χ1v) is 12.5. The summed E-state index contributed by atoms with van der Waals surface area (Å²) >= 11 is 2.26. The number of esters is 1. The van der Waals surface area contributed by atoms with Crippen molar-refractivity contribution in [3.63, 3.8) is 0 Å². The van der Waals surface area contributed by atoms with Gasteiger partial charge >= 0.3 is 5.97 Å². The van der Waals surface area contributed by atoms with Gasteiger partial charge < -0.3 is 24.3 Å². The Balaban J connectivity index is 2.02. The highest BCUT2D eigenvalue weighted by Gasteiger charge is 2.19. The molecule has 13 heteroatoms. The molecule has 1 aromatic carbocycles. The van der Waals surface area contributed by atoms with Crippen LogP contribution >= 0.6 is 23.1 Å². The predicted octanol–water partition coefficient (Wildman–Crippen LogP) is 2.76. The van der Waals surface area contributed by atoms with Crippen molar-refractivity contribution in [3.8, 4) is 17.2 Å². The molecule has 186 valence electrons. The minimum atomic E-state index is -0.504. The molecule has 34 heavy (non-hydrogen) atoms. The minimum Gasteiger partial charge on any atom is -0.490 e. The van der Waals surface area contributed by atoms with Gasteiger partial charge in [-0.1, -0.05) is 23.1 Å². The number of hydrogen-bond donors (Lipinski definition) is 2. The van der Waals surface area contributed by atoms with E-state index >= 15 is 0 Å². The first-order valence-electron chi connectivity index (χ1n) is 10.7. The fraction of sp³-hybridized carbons (Fsp3) is 0.476. The Bertz CT molecular complexity index is 957. The molecule has 1 aromatic heterocycles. The average Bonchev–Trinajstić information content (AvgIpc) is 3.26. The number of anilines is 1. The molecule has 11 nitrogen and oxygen atoms in total. The van der Waals surface area contributed by atoms with Crippen LogP contribution in [0.1, 0.15) is 38.1 Å². The molecule has 0 bridgehead atoms. The van der Waals surface area contributed by atoms with Crippen molar-refractivity contribution in [1.82, 2.24) is 15.5 Å². The molecular weight excluding hydrogens is 484 g/mol. The smallest absolute Gasteiger partial charge is 0.325 e. The van der Waals surface area contributed by atoms with E-state index in [-0.39, 0.29) is 29.9 Å². The van der Waals surface area contributed by atoms with Crippen LogP contribution in [-0.2, 0) is 14.3 Å². The van der Waals surface area contributed by atoms with Crippen LogP contribution in [-0.4, -0.2) is 66.7 Å². The quantitative estimate of drug-likeness (QED) is 0.221. The second-order valence-electron chi connectivity index (χ2n) is 6.30. The zero-order valence-corrected chi connectivity index (χ0v) is 21.1. The van der Waals surface area contributed by atoms with Crippen molar-refractivity contribution in [3.05, 3.63) is 17.7 Å². The van der Waals surface area contributed by atoms with E-state index in [9.17, 15) is 14.4 Å². The van der Waals surface area contributed by atoms with Crippen molar-refractivity contribution in [1.29, 1.82) is 0 Å². The topological polar surface area (TPSA) is 138 Å². The number of thioether (sulfide) groups is 1. The van der Waals surface area contributed by atoms with E-state index in [0.29, 0.717) is 47.0 Å². The minimum absolute atomic E-state index is 0.0380. The number of rotatable bonds is 14. The summed E-state index contributed by atoms with van der Waals surface area (Å²) in [5, 5.41) is 13.3. The maximum atomic E-state index is 12.8. The summed E-state index contributed by atoms with van der Waals surface area (Å²) in [7, 11) is 0. The highest BCUT2D eigenvalue weighted by molar-refractivity contribution is 8.01. The summed E-state index contributed by atoms with van der Waals surface area (Å²) < 4.78 is 22.2. The molecule has 0 aliphatic heterocycles. The Morgan fingerprint density at radius 1 is 0.941 bits per heavy atom. The Morgan fingerprint density at radius 2 is 1.59 bits per heavy atom. The van der Waals surface area contributed by atoms with Gasteiger partial charge in [-0.15, -0.1) is 10.2 Å². The average molecular weight is 513 g/mol. The van der Waals surface area contributed by atoms with Gasteiger partial charge in [0, 0.05) is 5.56 Å². The molecular formula is C21H28N4O7S2. The van der Waals surface area contributed by atoms with Crippen LogP contribution in [0.3, 0.4) is 0 Å². The van der Waals surface area contributed by atoms with Gasteiger partial charge in [0.2, 0.25) is 16.8 Å². The lowest BCUT2D eigenvalue weighted by Crippen LogP contribution is -2.31. The summed E-state index contributed by atoms with van der Waals surface area (Å²) in [4.78, 5) is 36.0. The summed E-state index contributed by atoms with van der Waals surface area (Å²) in [5.41, 5.74) is 0.304. The van der Waals surface area contributed by atoms with Crippen LogP contribution in [0.25, 0.3) is 0 Å². The van der Waals surface area contributed by atoms with Gasteiger partial charge in [-0.25, -0.2) is 0 Å². The first-order chi connectivity index (χ1) is 16.4. The summed E-state index contributed by atoms with van der Waals surface area (Å²) in [6, 6.07) is 3.16. The number of carbonyl (C=O) groups is 3. The van der Waals surface area contributed by atoms with Crippen LogP contribution < -0.4 is 24.8 Å². The third-order valence-corrected chi connectivity index (χ3v) is 5.83. The second kappa shape index (κ2) is 14.3. The molecule has 1 heterocycles. The zero-order valence-electron chi connectivity index (χ0n) is 19.5. The monoisotopic (exact) mass is 512 g/mol. The van der Waals surface area contributed by atoms with E-state index in [4.69, 9.17) is 18.9 Å². The Hall–Kier alpha value is -3.06. The predicted molar refractivity (Wildman–Crippen MR) is 128 cm³/mol. The fourth-order valence-electron chi connectivity index (χ4n) is 2.57. The van der Waals surface area contributed by atoms with Crippen molar-refractivity contribution in [2.45, 2.75) is 32.0 Å². The second-order valence-corrected chi connectivity index (χ2v) is 8.50. The summed E-state index contributed by atoms with van der Waals surface area (Å²) in [6.45, 7) is 8.45. The molecule has 2 rings (SSSR count). The van der Waals surface area contributed by atoms with Crippen molar-refractivity contribution < 1.29 is 33.3 Å². The Labute approximate surface area is 205 Å². The molecule has 2 N–H and O–H groups in total. The zero-order chi connectivity index (χ0) is 24.9. The van der Waals surface area contributed by atoms with Gasteiger partial charge in [-0.05, 0) is 39.8 Å². The molecule has 0 fully saturated rings. The van der Waals surface area contributed by atoms with Gasteiger partial charge in [0.15, 0.2) is 15.8 Å². The molecule has 0 saturated carbocycles. The third kappa shape index (κ3) is 8.37. The van der Waals surface area contributed by atoms with Crippen molar-refractivity contribution in [2.24, 2.45) is 0 Å². The molecule has 0 unspecified atom stereocenters. The maximum Gasteiger partial charge on any atom is 0.325 e. The number of nitrogens with one attached hydrogen (secondary N) is 2. The molecule has 2 amide bonds. The van der Waals surface area contributed by atoms with E-state index in [1.165, 1.54) is 0 Å². The first kappa shape index (κ1) is 27.2. The number of nitrogens with zero attached hydrogens (tertiary/aromatic N) is 2.